The maximum atomic E-state index is 12.7. The van der Waals surface area contributed by atoms with Crippen molar-refractivity contribution in [2.24, 2.45) is 0 Å². The van der Waals surface area contributed by atoms with E-state index in [9.17, 15) is 13.2 Å². The van der Waals surface area contributed by atoms with Crippen LogP contribution in [-0.4, -0.2) is 14.3 Å². The molecule has 0 fully saturated rings. The topological polar surface area (TPSA) is 75.3 Å². The molecule has 5 nitrogen and oxygen atoms in total. The minimum atomic E-state index is -3.89. The lowest BCUT2D eigenvalue weighted by Gasteiger charge is -2.19. The van der Waals surface area contributed by atoms with Crippen LogP contribution in [0.1, 0.15) is 36.7 Å². The van der Waals surface area contributed by atoms with Gasteiger partial charge < -0.3 is 5.32 Å². The van der Waals surface area contributed by atoms with Crippen molar-refractivity contribution in [1.82, 2.24) is 0 Å². The molecule has 31 heavy (non-hydrogen) atoms. The summed E-state index contributed by atoms with van der Waals surface area (Å²) in [6.07, 6.45) is 0. The highest BCUT2D eigenvalue weighted by Crippen LogP contribution is 2.28. The zero-order chi connectivity index (χ0) is 22.8. The number of anilines is 2. The first kappa shape index (κ1) is 23.1. The Bertz CT molecular complexity index is 1200. The van der Waals surface area contributed by atoms with Gasteiger partial charge in [-0.15, -0.1) is 0 Å². The van der Waals surface area contributed by atoms with Gasteiger partial charge in [0.25, 0.3) is 15.9 Å². The molecule has 0 aliphatic rings. The second-order valence-electron chi connectivity index (χ2n) is 8.04. The normalized spacial score (nSPS) is 11.8. The number of hydrogen-bond donors (Lipinski definition) is 2. The summed E-state index contributed by atoms with van der Waals surface area (Å²) < 4.78 is 27.9. The third-order valence-corrected chi connectivity index (χ3v) is 6.57. The first-order valence-electron chi connectivity index (χ1n) is 9.45. The summed E-state index contributed by atoms with van der Waals surface area (Å²) >= 11 is 12.0. The Hall–Kier alpha value is -2.54. The molecule has 1 amide bonds. The Morgan fingerprint density at radius 1 is 0.871 bits per heavy atom. The zero-order valence-corrected chi connectivity index (χ0v) is 19.6. The van der Waals surface area contributed by atoms with E-state index < -0.39 is 10.0 Å². The molecule has 0 atom stereocenters. The molecule has 0 bridgehead atoms. The predicted octanol–water partition coefficient (Wildman–Crippen LogP) is 6.34. The maximum Gasteiger partial charge on any atom is 0.261 e. The van der Waals surface area contributed by atoms with Crippen LogP contribution in [0.4, 0.5) is 11.4 Å². The smallest absolute Gasteiger partial charge is 0.261 e. The molecular weight excluding hydrogens is 455 g/mol. The van der Waals surface area contributed by atoms with Crippen LogP contribution in [-0.2, 0) is 15.4 Å². The minimum Gasteiger partial charge on any atom is -0.321 e. The summed E-state index contributed by atoms with van der Waals surface area (Å²) in [5.41, 5.74) is 2.08. The summed E-state index contributed by atoms with van der Waals surface area (Å²) in [7, 11) is -3.89. The van der Waals surface area contributed by atoms with E-state index in [0.29, 0.717) is 16.3 Å². The molecule has 0 radical (unpaired) electrons. The van der Waals surface area contributed by atoms with Gasteiger partial charge in [0.05, 0.1) is 15.6 Å². The SMILES string of the molecule is CC(C)(C)c1ccc(C(=O)Nc2cc(S(=O)(=O)Nc3ccc(Cl)cc3)ccc2Cl)cc1. The Kier molecular flexibility index (Phi) is 6.65. The van der Waals surface area contributed by atoms with Crippen molar-refractivity contribution in [2.75, 3.05) is 10.0 Å². The number of rotatable bonds is 5. The molecule has 0 heterocycles. The van der Waals surface area contributed by atoms with E-state index in [1.807, 2.05) is 12.1 Å². The van der Waals surface area contributed by atoms with Gasteiger partial charge in [0.15, 0.2) is 0 Å². The minimum absolute atomic E-state index is 0.0297. The molecule has 0 aliphatic heterocycles. The monoisotopic (exact) mass is 476 g/mol. The van der Waals surface area contributed by atoms with Crippen molar-refractivity contribution in [2.45, 2.75) is 31.1 Å². The second-order valence-corrected chi connectivity index (χ2v) is 10.6. The van der Waals surface area contributed by atoms with Gasteiger partial charge in [-0.3, -0.25) is 9.52 Å². The standard InChI is InChI=1S/C23H22Cl2N2O3S/c1-23(2,3)16-6-4-15(5-7-16)22(28)26-21-14-19(12-13-20(21)25)31(29,30)27-18-10-8-17(24)9-11-18/h4-14,27H,1-3H3,(H,26,28). The number of benzene rings is 3. The first-order chi connectivity index (χ1) is 14.5. The average Bonchev–Trinajstić information content (AvgIpc) is 2.70. The largest absolute Gasteiger partial charge is 0.321 e. The van der Waals surface area contributed by atoms with Gasteiger partial charge in [-0.1, -0.05) is 56.1 Å². The molecule has 3 aromatic rings. The van der Waals surface area contributed by atoms with Crippen molar-refractivity contribution in [3.63, 3.8) is 0 Å². The number of carbonyl (C=O) groups is 1. The zero-order valence-electron chi connectivity index (χ0n) is 17.2. The van der Waals surface area contributed by atoms with Crippen molar-refractivity contribution in [3.05, 3.63) is 87.9 Å². The van der Waals surface area contributed by atoms with Gasteiger partial charge in [-0.2, -0.15) is 0 Å². The van der Waals surface area contributed by atoms with E-state index in [1.54, 1.807) is 36.4 Å². The van der Waals surface area contributed by atoms with E-state index in [-0.39, 0.29) is 26.9 Å². The molecule has 162 valence electrons. The summed E-state index contributed by atoms with van der Waals surface area (Å²) in [6, 6.07) is 17.6. The molecule has 0 spiro atoms. The van der Waals surface area contributed by atoms with Crippen LogP contribution in [0.3, 0.4) is 0 Å². The van der Waals surface area contributed by atoms with E-state index in [2.05, 4.69) is 30.8 Å². The summed E-state index contributed by atoms with van der Waals surface area (Å²) in [4.78, 5) is 12.6. The fourth-order valence-electron chi connectivity index (χ4n) is 2.82. The van der Waals surface area contributed by atoms with Crippen LogP contribution in [0.2, 0.25) is 10.0 Å². The molecule has 0 saturated carbocycles. The van der Waals surface area contributed by atoms with Crippen LogP contribution < -0.4 is 10.0 Å². The third kappa shape index (κ3) is 5.79. The van der Waals surface area contributed by atoms with Crippen LogP contribution in [0.5, 0.6) is 0 Å². The molecule has 8 heteroatoms. The number of hydrogen-bond acceptors (Lipinski definition) is 3. The number of sulfonamides is 1. The number of nitrogens with one attached hydrogen (secondary N) is 2. The first-order valence-corrected chi connectivity index (χ1v) is 11.7. The highest BCUT2D eigenvalue weighted by atomic mass is 35.5. The number of amides is 1. The molecule has 0 unspecified atom stereocenters. The maximum absolute atomic E-state index is 12.7. The quantitative estimate of drug-likeness (QED) is 0.450. The van der Waals surface area contributed by atoms with E-state index in [4.69, 9.17) is 23.2 Å². The Morgan fingerprint density at radius 3 is 2.06 bits per heavy atom. The van der Waals surface area contributed by atoms with Crippen molar-refractivity contribution < 1.29 is 13.2 Å². The summed E-state index contributed by atoms with van der Waals surface area (Å²) in [5.74, 6) is -0.387. The van der Waals surface area contributed by atoms with Gasteiger partial charge >= 0.3 is 0 Å². The lowest BCUT2D eigenvalue weighted by atomic mass is 9.87. The van der Waals surface area contributed by atoms with E-state index in [0.717, 1.165) is 5.56 Å². The highest BCUT2D eigenvalue weighted by molar-refractivity contribution is 7.92. The van der Waals surface area contributed by atoms with Crippen molar-refractivity contribution in [3.8, 4) is 0 Å². The number of halogens is 2. The average molecular weight is 477 g/mol. The van der Waals surface area contributed by atoms with E-state index >= 15 is 0 Å². The Labute approximate surface area is 192 Å². The predicted molar refractivity (Wildman–Crippen MR) is 127 cm³/mol. The second kappa shape index (κ2) is 8.91. The fraction of sp³-hybridized carbons (Fsp3) is 0.174. The van der Waals surface area contributed by atoms with Crippen molar-refractivity contribution >= 4 is 50.5 Å². The molecular formula is C23H22Cl2N2O3S. The van der Waals surface area contributed by atoms with Gasteiger partial charge in [-0.25, -0.2) is 8.42 Å². The van der Waals surface area contributed by atoms with Crippen molar-refractivity contribution in [1.29, 1.82) is 0 Å². The van der Waals surface area contributed by atoms with Gasteiger partial charge in [0.1, 0.15) is 0 Å². The highest BCUT2D eigenvalue weighted by Gasteiger charge is 2.18. The molecule has 3 aromatic carbocycles. The molecule has 0 saturated heterocycles. The lowest BCUT2D eigenvalue weighted by molar-refractivity contribution is 0.102. The van der Waals surface area contributed by atoms with Crippen LogP contribution in [0.15, 0.2) is 71.6 Å². The van der Waals surface area contributed by atoms with Gasteiger partial charge in [0, 0.05) is 16.3 Å². The summed E-state index contributed by atoms with van der Waals surface area (Å²) in [5, 5.41) is 3.41. The van der Waals surface area contributed by atoms with Crippen LogP contribution >= 0.6 is 23.2 Å². The van der Waals surface area contributed by atoms with Crippen LogP contribution in [0, 0.1) is 0 Å². The van der Waals surface area contributed by atoms with Gasteiger partial charge in [-0.05, 0) is 65.6 Å². The third-order valence-electron chi connectivity index (χ3n) is 4.61. The summed E-state index contributed by atoms with van der Waals surface area (Å²) in [6.45, 7) is 6.27. The van der Waals surface area contributed by atoms with Crippen LogP contribution in [0.25, 0.3) is 0 Å². The van der Waals surface area contributed by atoms with E-state index in [1.165, 1.54) is 18.2 Å². The lowest BCUT2D eigenvalue weighted by Crippen LogP contribution is -2.16. The van der Waals surface area contributed by atoms with Gasteiger partial charge in [0.2, 0.25) is 0 Å². The molecule has 0 aromatic heterocycles. The number of carbonyl (C=O) groups excluding carboxylic acids is 1. The molecule has 2 N–H and O–H groups in total. The Morgan fingerprint density at radius 2 is 1.48 bits per heavy atom. The fourth-order valence-corrected chi connectivity index (χ4v) is 4.19. The Balaban J connectivity index is 1.82. The molecule has 3 rings (SSSR count). The molecule has 0 aliphatic carbocycles.